The molecule has 0 aromatic heterocycles. The number of ether oxygens (including phenoxy) is 1. The molecule has 2 rings (SSSR count). The number of rotatable bonds is 5. The van der Waals surface area contributed by atoms with Gasteiger partial charge in [0.25, 0.3) is 0 Å². The number of urea groups is 1. The molecule has 2 amide bonds. The Hall–Kier alpha value is -2.49. The van der Waals surface area contributed by atoms with Crippen LogP contribution in [0.1, 0.15) is 22.3 Å². The Morgan fingerprint density at radius 2 is 1.43 bits per heavy atom. The molecular weight excluding hydrogens is 288 g/mol. The summed E-state index contributed by atoms with van der Waals surface area (Å²) in [5.41, 5.74) is 5.16. The molecule has 2 N–H and O–H groups in total. The summed E-state index contributed by atoms with van der Waals surface area (Å²) in [6.07, 6.45) is 0. The number of benzene rings is 2. The zero-order valence-electron chi connectivity index (χ0n) is 14.2. The molecule has 0 unspecified atom stereocenters. The number of amides is 2. The van der Waals surface area contributed by atoms with Crippen LogP contribution in [0.4, 0.5) is 10.5 Å². The summed E-state index contributed by atoms with van der Waals surface area (Å²) in [5, 5.41) is 5.71. The number of nitrogens with one attached hydrogen (secondary N) is 2. The molecule has 0 saturated carbocycles. The van der Waals surface area contributed by atoms with Gasteiger partial charge in [-0.15, -0.1) is 0 Å². The maximum atomic E-state index is 12.0. The summed E-state index contributed by atoms with van der Waals surface area (Å²) in [5.74, 6) is 0.893. The number of carbonyl (C=O) groups excluding carboxylic acids is 1. The van der Waals surface area contributed by atoms with Crippen molar-refractivity contribution in [2.45, 2.75) is 27.7 Å². The average Bonchev–Trinajstić information content (AvgIpc) is 2.50. The van der Waals surface area contributed by atoms with E-state index in [0.29, 0.717) is 13.2 Å². The second-order valence-corrected chi connectivity index (χ2v) is 5.72. The number of carbonyl (C=O) groups is 1. The summed E-state index contributed by atoms with van der Waals surface area (Å²) in [4.78, 5) is 12.0. The highest BCUT2D eigenvalue weighted by atomic mass is 16.5. The molecule has 2 aromatic rings. The van der Waals surface area contributed by atoms with Crippen molar-refractivity contribution < 1.29 is 9.53 Å². The maximum Gasteiger partial charge on any atom is 0.319 e. The first-order valence-corrected chi connectivity index (χ1v) is 7.79. The van der Waals surface area contributed by atoms with Crippen LogP contribution in [0.3, 0.4) is 0 Å². The van der Waals surface area contributed by atoms with Crippen LogP contribution in [0, 0.1) is 27.7 Å². The van der Waals surface area contributed by atoms with Crippen molar-refractivity contribution in [3.63, 3.8) is 0 Å². The predicted octanol–water partition coefficient (Wildman–Crippen LogP) is 4.12. The van der Waals surface area contributed by atoms with Crippen LogP contribution < -0.4 is 15.4 Å². The van der Waals surface area contributed by atoms with Crippen LogP contribution in [-0.2, 0) is 0 Å². The minimum atomic E-state index is -0.215. The Morgan fingerprint density at radius 1 is 0.913 bits per heavy atom. The van der Waals surface area contributed by atoms with Crippen LogP contribution in [0.2, 0.25) is 0 Å². The third-order valence-electron chi connectivity index (χ3n) is 3.76. The van der Waals surface area contributed by atoms with Gasteiger partial charge in [-0.1, -0.05) is 36.4 Å². The number of para-hydroxylation sites is 2. The molecule has 0 fully saturated rings. The lowest BCUT2D eigenvalue weighted by Crippen LogP contribution is -2.32. The standard InChI is InChI=1S/C19H24N2O2/c1-13-7-5-8-14(2)17(13)21-19(22)20-11-12-23-18-15(3)9-6-10-16(18)4/h5-10H,11-12H2,1-4H3,(H2,20,21,22). The van der Waals surface area contributed by atoms with E-state index in [1.807, 2.05) is 64.1 Å². The predicted molar refractivity (Wildman–Crippen MR) is 94.3 cm³/mol. The minimum absolute atomic E-state index is 0.215. The molecule has 0 aliphatic carbocycles. The smallest absolute Gasteiger partial charge is 0.319 e. The van der Waals surface area contributed by atoms with Crippen LogP contribution in [0.25, 0.3) is 0 Å². The third kappa shape index (κ3) is 4.49. The van der Waals surface area contributed by atoms with Gasteiger partial charge in [-0.05, 0) is 49.9 Å². The molecule has 0 radical (unpaired) electrons. The first-order valence-electron chi connectivity index (χ1n) is 7.79. The highest BCUT2D eigenvalue weighted by Crippen LogP contribution is 2.22. The third-order valence-corrected chi connectivity index (χ3v) is 3.76. The Morgan fingerprint density at radius 3 is 2.00 bits per heavy atom. The van der Waals surface area contributed by atoms with Crippen LogP contribution in [-0.4, -0.2) is 19.2 Å². The van der Waals surface area contributed by atoms with Gasteiger partial charge in [0.2, 0.25) is 0 Å². The number of anilines is 1. The number of aryl methyl sites for hydroxylation is 4. The van der Waals surface area contributed by atoms with Gasteiger partial charge in [0.1, 0.15) is 12.4 Å². The second kappa shape index (κ2) is 7.68. The Bertz CT molecular complexity index is 655. The fraction of sp³-hybridized carbons (Fsp3) is 0.316. The SMILES string of the molecule is Cc1cccc(C)c1NC(=O)NCCOc1c(C)cccc1C. The lowest BCUT2D eigenvalue weighted by molar-refractivity contribution is 0.247. The van der Waals surface area contributed by atoms with E-state index in [9.17, 15) is 4.79 Å². The highest BCUT2D eigenvalue weighted by molar-refractivity contribution is 5.90. The first-order chi connectivity index (χ1) is 11.0. The number of hydrogen-bond donors (Lipinski definition) is 2. The molecule has 23 heavy (non-hydrogen) atoms. The Labute approximate surface area is 137 Å². The fourth-order valence-electron chi connectivity index (χ4n) is 2.51. The van der Waals surface area contributed by atoms with Gasteiger partial charge in [-0.25, -0.2) is 4.79 Å². The zero-order chi connectivity index (χ0) is 16.8. The van der Waals surface area contributed by atoms with Crippen molar-refractivity contribution >= 4 is 11.7 Å². The minimum Gasteiger partial charge on any atom is -0.491 e. The molecule has 0 aliphatic rings. The summed E-state index contributed by atoms with van der Waals surface area (Å²) >= 11 is 0. The number of hydrogen-bond acceptors (Lipinski definition) is 2. The van der Waals surface area contributed by atoms with E-state index in [2.05, 4.69) is 10.6 Å². The van der Waals surface area contributed by atoms with E-state index in [0.717, 1.165) is 33.7 Å². The molecule has 2 aromatic carbocycles. The molecule has 0 spiro atoms. The van der Waals surface area contributed by atoms with E-state index in [-0.39, 0.29) is 6.03 Å². The van der Waals surface area contributed by atoms with Crippen LogP contribution in [0.15, 0.2) is 36.4 Å². The van der Waals surface area contributed by atoms with E-state index in [1.54, 1.807) is 0 Å². The molecular formula is C19H24N2O2. The van der Waals surface area contributed by atoms with Gasteiger partial charge in [-0.3, -0.25) is 0 Å². The molecule has 4 nitrogen and oxygen atoms in total. The lowest BCUT2D eigenvalue weighted by atomic mass is 10.1. The summed E-state index contributed by atoms with van der Waals surface area (Å²) < 4.78 is 5.77. The molecule has 0 saturated heterocycles. The molecule has 0 atom stereocenters. The van der Waals surface area contributed by atoms with Crippen molar-refractivity contribution in [2.75, 3.05) is 18.5 Å². The Balaban J connectivity index is 1.82. The summed E-state index contributed by atoms with van der Waals surface area (Å²) in [6.45, 7) is 8.88. The van der Waals surface area contributed by atoms with Crippen molar-refractivity contribution in [1.82, 2.24) is 5.32 Å². The maximum absolute atomic E-state index is 12.0. The van der Waals surface area contributed by atoms with Gasteiger partial charge in [-0.2, -0.15) is 0 Å². The van der Waals surface area contributed by atoms with E-state index in [1.165, 1.54) is 0 Å². The normalized spacial score (nSPS) is 10.3. The molecule has 0 bridgehead atoms. The molecule has 122 valence electrons. The molecule has 4 heteroatoms. The molecule has 0 aliphatic heterocycles. The second-order valence-electron chi connectivity index (χ2n) is 5.72. The average molecular weight is 312 g/mol. The fourth-order valence-corrected chi connectivity index (χ4v) is 2.51. The van der Waals surface area contributed by atoms with Crippen molar-refractivity contribution in [3.05, 3.63) is 58.7 Å². The van der Waals surface area contributed by atoms with Gasteiger partial charge < -0.3 is 15.4 Å². The quantitative estimate of drug-likeness (QED) is 0.816. The van der Waals surface area contributed by atoms with Gasteiger partial charge in [0, 0.05) is 5.69 Å². The molecule has 0 heterocycles. The van der Waals surface area contributed by atoms with Crippen LogP contribution in [0.5, 0.6) is 5.75 Å². The van der Waals surface area contributed by atoms with Gasteiger partial charge >= 0.3 is 6.03 Å². The lowest BCUT2D eigenvalue weighted by Gasteiger charge is -2.14. The van der Waals surface area contributed by atoms with Crippen molar-refractivity contribution in [3.8, 4) is 5.75 Å². The largest absolute Gasteiger partial charge is 0.491 e. The summed E-state index contributed by atoms with van der Waals surface area (Å²) in [6, 6.07) is 11.8. The van der Waals surface area contributed by atoms with E-state index >= 15 is 0 Å². The Kier molecular flexibility index (Phi) is 5.63. The van der Waals surface area contributed by atoms with Gasteiger partial charge in [0.15, 0.2) is 0 Å². The van der Waals surface area contributed by atoms with E-state index < -0.39 is 0 Å². The van der Waals surface area contributed by atoms with Crippen LogP contribution >= 0.6 is 0 Å². The van der Waals surface area contributed by atoms with E-state index in [4.69, 9.17) is 4.74 Å². The highest BCUT2D eigenvalue weighted by Gasteiger charge is 2.07. The zero-order valence-corrected chi connectivity index (χ0v) is 14.2. The monoisotopic (exact) mass is 312 g/mol. The summed E-state index contributed by atoms with van der Waals surface area (Å²) in [7, 11) is 0. The first kappa shape index (κ1) is 16.9. The topological polar surface area (TPSA) is 50.4 Å². The van der Waals surface area contributed by atoms with Crippen molar-refractivity contribution in [1.29, 1.82) is 0 Å². The van der Waals surface area contributed by atoms with Crippen molar-refractivity contribution in [2.24, 2.45) is 0 Å². The van der Waals surface area contributed by atoms with Gasteiger partial charge in [0.05, 0.1) is 6.54 Å².